The number of rotatable bonds is 4. The van der Waals surface area contributed by atoms with Gasteiger partial charge in [0.15, 0.2) is 0 Å². The number of nitrogens with zero attached hydrogens (tertiary/aromatic N) is 6. The van der Waals surface area contributed by atoms with E-state index in [2.05, 4.69) is 15.2 Å². The number of anilines is 1. The minimum atomic E-state index is -0.631. The largest absolute Gasteiger partial charge is 0.398 e. The zero-order valence-corrected chi connectivity index (χ0v) is 12.1. The van der Waals surface area contributed by atoms with Crippen molar-refractivity contribution in [3.63, 3.8) is 0 Å². The highest BCUT2D eigenvalue weighted by Gasteiger charge is 2.26. The number of benzene rings is 1. The van der Waals surface area contributed by atoms with Gasteiger partial charge in [0.05, 0.1) is 15.4 Å². The Hall–Kier alpha value is -3.83. The van der Waals surface area contributed by atoms with Crippen molar-refractivity contribution in [2.45, 2.75) is 0 Å². The molecular weight excluding hydrogens is 322 g/mol. The van der Waals surface area contributed by atoms with Crippen molar-refractivity contribution < 1.29 is 14.4 Å². The number of aromatic nitrogens is 4. The molecule has 0 fully saturated rings. The van der Waals surface area contributed by atoms with Crippen LogP contribution in [0.3, 0.4) is 0 Å². The molecule has 0 atom stereocenters. The van der Waals surface area contributed by atoms with Crippen molar-refractivity contribution in [3.8, 4) is 23.0 Å². The molecule has 0 aliphatic carbocycles. The van der Waals surface area contributed by atoms with Crippen molar-refractivity contribution in [2.24, 2.45) is 7.05 Å². The molecule has 0 radical (unpaired) electrons. The molecule has 0 saturated heterocycles. The highest BCUT2D eigenvalue weighted by atomic mass is 16.6. The lowest BCUT2D eigenvalue weighted by molar-refractivity contribution is -0.384. The summed E-state index contributed by atoms with van der Waals surface area (Å²) in [4.78, 5) is 24.7. The van der Waals surface area contributed by atoms with E-state index in [1.54, 1.807) is 0 Å². The van der Waals surface area contributed by atoms with Crippen LogP contribution in [0.2, 0.25) is 0 Å². The monoisotopic (exact) mass is 331 g/mol. The van der Waals surface area contributed by atoms with Crippen LogP contribution in [-0.4, -0.2) is 29.8 Å². The van der Waals surface area contributed by atoms with Gasteiger partial charge in [-0.05, 0) is 6.07 Å². The maximum atomic E-state index is 11.0. The highest BCUT2D eigenvalue weighted by Crippen LogP contribution is 2.31. The minimum Gasteiger partial charge on any atom is -0.398 e. The van der Waals surface area contributed by atoms with Gasteiger partial charge < -0.3 is 10.3 Å². The molecule has 1 aromatic carbocycles. The number of non-ortho nitro benzene ring substituents is 1. The average molecular weight is 331 g/mol. The van der Waals surface area contributed by atoms with E-state index in [1.807, 2.05) is 0 Å². The third-order valence-electron chi connectivity index (χ3n) is 3.12. The van der Waals surface area contributed by atoms with Gasteiger partial charge in [0, 0.05) is 24.9 Å². The maximum Gasteiger partial charge on any atom is 0.320 e. The summed E-state index contributed by atoms with van der Waals surface area (Å²) in [6.07, 6.45) is 1.20. The summed E-state index contributed by atoms with van der Waals surface area (Å²) < 4.78 is 6.23. The number of nitrogens with two attached hydrogens (primary N) is 1. The fourth-order valence-corrected chi connectivity index (χ4v) is 2.04. The Morgan fingerprint density at radius 3 is 2.67 bits per heavy atom. The molecule has 0 unspecified atom stereocenters. The molecule has 2 heterocycles. The number of hydrogen-bond donors (Lipinski definition) is 1. The molecule has 2 N–H and O–H groups in total. The van der Waals surface area contributed by atoms with Gasteiger partial charge in [0.25, 0.3) is 11.6 Å². The number of aryl methyl sites for hydroxylation is 1. The van der Waals surface area contributed by atoms with E-state index in [0.717, 1.165) is 0 Å². The zero-order chi connectivity index (χ0) is 17.4. The first-order valence-corrected chi connectivity index (χ1v) is 6.43. The van der Waals surface area contributed by atoms with Crippen LogP contribution >= 0.6 is 0 Å². The molecule has 0 aliphatic rings. The van der Waals surface area contributed by atoms with Crippen LogP contribution in [0.1, 0.15) is 0 Å². The SMILES string of the molecule is Cn1cc([N+](=O)[O-])c(-c2nc(-c3cc([N+](=O)[O-])ccc3N)no2)n1. The third-order valence-corrected chi connectivity index (χ3v) is 3.12. The average Bonchev–Trinajstić information content (AvgIpc) is 3.13. The number of nitro benzene ring substituents is 1. The number of nitrogen functional groups attached to an aromatic ring is 1. The van der Waals surface area contributed by atoms with Crippen molar-refractivity contribution in [3.05, 3.63) is 44.6 Å². The minimum absolute atomic E-state index is 0.0360. The Morgan fingerprint density at radius 1 is 1.25 bits per heavy atom. The predicted octanol–water partition coefficient (Wildman–Crippen LogP) is 1.54. The second-order valence-electron chi connectivity index (χ2n) is 4.75. The summed E-state index contributed by atoms with van der Waals surface area (Å²) in [7, 11) is 1.51. The molecule has 0 spiro atoms. The fourth-order valence-electron chi connectivity index (χ4n) is 2.04. The van der Waals surface area contributed by atoms with E-state index >= 15 is 0 Å². The molecule has 122 valence electrons. The molecule has 3 aromatic rings. The molecule has 24 heavy (non-hydrogen) atoms. The standard InChI is InChI=1S/C12H9N7O5/c1-17-5-9(19(22)23)10(15-17)12-14-11(16-24-12)7-4-6(18(20)21)2-3-8(7)13/h2-5H,13H2,1H3. The van der Waals surface area contributed by atoms with Gasteiger partial charge in [0.2, 0.25) is 11.5 Å². The summed E-state index contributed by atoms with van der Waals surface area (Å²) in [5, 5.41) is 29.5. The second-order valence-corrected chi connectivity index (χ2v) is 4.75. The van der Waals surface area contributed by atoms with Crippen molar-refractivity contribution in [2.75, 3.05) is 5.73 Å². The van der Waals surface area contributed by atoms with Gasteiger partial charge in [-0.1, -0.05) is 5.16 Å². The lowest BCUT2D eigenvalue weighted by atomic mass is 10.1. The Kier molecular flexibility index (Phi) is 3.41. The molecule has 12 heteroatoms. The van der Waals surface area contributed by atoms with Crippen LogP contribution in [0.5, 0.6) is 0 Å². The second kappa shape index (κ2) is 5.42. The molecular formula is C12H9N7O5. The highest BCUT2D eigenvalue weighted by molar-refractivity contribution is 5.75. The first kappa shape index (κ1) is 15.1. The maximum absolute atomic E-state index is 11.0. The van der Waals surface area contributed by atoms with Crippen molar-refractivity contribution >= 4 is 17.1 Å². The van der Waals surface area contributed by atoms with Gasteiger partial charge in [0.1, 0.15) is 6.20 Å². The zero-order valence-electron chi connectivity index (χ0n) is 12.1. The van der Waals surface area contributed by atoms with Crippen LogP contribution in [0.25, 0.3) is 23.0 Å². The Balaban J connectivity index is 2.08. The first-order valence-electron chi connectivity index (χ1n) is 6.43. The summed E-state index contributed by atoms with van der Waals surface area (Å²) in [6, 6.07) is 3.77. The Bertz CT molecular complexity index is 961. The van der Waals surface area contributed by atoms with E-state index in [4.69, 9.17) is 10.3 Å². The normalized spacial score (nSPS) is 10.7. The summed E-state index contributed by atoms with van der Waals surface area (Å²) in [5.74, 6) is -0.227. The predicted molar refractivity (Wildman–Crippen MR) is 79.7 cm³/mol. The van der Waals surface area contributed by atoms with Crippen LogP contribution in [0.4, 0.5) is 17.1 Å². The van der Waals surface area contributed by atoms with Gasteiger partial charge in [-0.2, -0.15) is 10.1 Å². The van der Waals surface area contributed by atoms with Gasteiger partial charge in [-0.15, -0.1) is 0 Å². The van der Waals surface area contributed by atoms with Gasteiger partial charge in [-0.25, -0.2) is 0 Å². The van der Waals surface area contributed by atoms with Crippen LogP contribution in [0.15, 0.2) is 28.9 Å². The van der Waals surface area contributed by atoms with Crippen LogP contribution in [-0.2, 0) is 7.05 Å². The van der Waals surface area contributed by atoms with Crippen LogP contribution < -0.4 is 5.73 Å². The summed E-state index contributed by atoms with van der Waals surface area (Å²) in [5.41, 5.74) is 5.54. The van der Waals surface area contributed by atoms with E-state index in [0.29, 0.717) is 0 Å². The smallest absolute Gasteiger partial charge is 0.320 e. The Morgan fingerprint density at radius 2 is 2.00 bits per heavy atom. The molecule has 0 amide bonds. The lowest BCUT2D eigenvalue weighted by Crippen LogP contribution is -1.95. The van der Waals surface area contributed by atoms with Gasteiger partial charge >= 0.3 is 5.69 Å². The molecule has 12 nitrogen and oxygen atoms in total. The van der Waals surface area contributed by atoms with Crippen LogP contribution in [0, 0.1) is 20.2 Å². The molecule has 0 aliphatic heterocycles. The Labute approximate surface area is 132 Å². The summed E-state index contributed by atoms with van der Waals surface area (Å²) >= 11 is 0. The molecule has 2 aromatic heterocycles. The van der Waals surface area contributed by atoms with Crippen molar-refractivity contribution in [1.29, 1.82) is 0 Å². The van der Waals surface area contributed by atoms with E-state index in [9.17, 15) is 20.2 Å². The summed E-state index contributed by atoms with van der Waals surface area (Å²) in [6.45, 7) is 0. The topological polar surface area (TPSA) is 169 Å². The lowest BCUT2D eigenvalue weighted by Gasteiger charge is -1.99. The van der Waals surface area contributed by atoms with Gasteiger partial charge in [-0.3, -0.25) is 24.9 Å². The molecule has 0 saturated carbocycles. The third kappa shape index (κ3) is 2.51. The fraction of sp³-hybridized carbons (Fsp3) is 0.0833. The number of hydrogen-bond acceptors (Lipinski definition) is 9. The van der Waals surface area contributed by atoms with E-state index in [1.165, 1.54) is 36.1 Å². The quantitative estimate of drug-likeness (QED) is 0.423. The first-order chi connectivity index (χ1) is 11.4. The van der Waals surface area contributed by atoms with Crippen molar-refractivity contribution in [1.82, 2.24) is 19.9 Å². The molecule has 0 bridgehead atoms. The van der Waals surface area contributed by atoms with E-state index in [-0.39, 0.29) is 40.0 Å². The molecule has 3 rings (SSSR count). The number of nitro groups is 2. The van der Waals surface area contributed by atoms with E-state index < -0.39 is 9.85 Å².